The second kappa shape index (κ2) is 4.92. The molecule has 0 unspecified atom stereocenters. The van der Waals surface area contributed by atoms with Crippen molar-refractivity contribution in [1.82, 2.24) is 0 Å². The van der Waals surface area contributed by atoms with Crippen LogP contribution in [0.4, 0.5) is 0 Å². The molecule has 0 radical (unpaired) electrons. The minimum Gasteiger partial charge on any atom is -0.393 e. The summed E-state index contributed by atoms with van der Waals surface area (Å²) in [5, 5.41) is 10.5. The van der Waals surface area contributed by atoms with E-state index in [9.17, 15) is 9.90 Å². The van der Waals surface area contributed by atoms with Crippen molar-refractivity contribution < 1.29 is 9.90 Å². The van der Waals surface area contributed by atoms with Crippen LogP contribution in [0.1, 0.15) is 58.8 Å². The maximum atomic E-state index is 11.9. The molecule has 1 N–H and O–H groups in total. The molecule has 4 rings (SSSR count). The van der Waals surface area contributed by atoms with Gasteiger partial charge in [0.25, 0.3) is 0 Å². The summed E-state index contributed by atoms with van der Waals surface area (Å²) in [7, 11) is 0. The Morgan fingerprint density at radius 2 is 1.95 bits per heavy atom. The summed E-state index contributed by atoms with van der Waals surface area (Å²) >= 11 is 3.90. The van der Waals surface area contributed by atoms with Crippen molar-refractivity contribution in [2.24, 2.45) is 28.6 Å². The third-order valence-electron chi connectivity index (χ3n) is 7.89. The molecule has 0 saturated heterocycles. The summed E-state index contributed by atoms with van der Waals surface area (Å²) in [6, 6.07) is 0. The van der Waals surface area contributed by atoms with E-state index in [1.54, 1.807) is 0 Å². The van der Waals surface area contributed by atoms with E-state index < -0.39 is 0 Å². The maximum absolute atomic E-state index is 11.9. The van der Waals surface area contributed by atoms with Gasteiger partial charge in [0, 0.05) is 11.2 Å². The average molecular weight is 367 g/mol. The number of carbonyl (C=O) groups is 1. The molecule has 0 aromatic carbocycles. The highest BCUT2D eigenvalue weighted by atomic mass is 79.9. The molecule has 4 aliphatic carbocycles. The molecule has 3 saturated carbocycles. The first-order valence-corrected chi connectivity index (χ1v) is 9.85. The minimum atomic E-state index is -0.107. The molecule has 0 amide bonds. The Bertz CT molecular complexity index is 542. The van der Waals surface area contributed by atoms with Crippen LogP contribution in [0.3, 0.4) is 0 Å². The number of carbonyl (C=O) groups excluding carboxylic acids is 1. The van der Waals surface area contributed by atoms with E-state index in [2.05, 4.69) is 29.8 Å². The van der Waals surface area contributed by atoms with E-state index in [0.717, 1.165) is 25.7 Å². The Labute approximate surface area is 141 Å². The summed E-state index contributed by atoms with van der Waals surface area (Å²) < 4.78 is 0. The molecule has 0 aromatic heterocycles. The molecule has 0 heterocycles. The maximum Gasteiger partial charge on any atom is 0.155 e. The van der Waals surface area contributed by atoms with Crippen LogP contribution in [0, 0.1) is 28.6 Å². The van der Waals surface area contributed by atoms with Gasteiger partial charge in [0.05, 0.1) is 6.10 Å². The number of ketones is 1. The summed E-state index contributed by atoms with van der Waals surface area (Å²) in [6.45, 7) is 4.73. The van der Waals surface area contributed by atoms with Crippen molar-refractivity contribution in [2.75, 3.05) is 0 Å². The van der Waals surface area contributed by atoms with Crippen LogP contribution >= 0.6 is 15.9 Å². The van der Waals surface area contributed by atoms with Gasteiger partial charge in [0.1, 0.15) is 0 Å². The zero-order valence-electron chi connectivity index (χ0n) is 13.6. The highest BCUT2D eigenvalue weighted by Gasteiger charge is 2.60. The van der Waals surface area contributed by atoms with Gasteiger partial charge in [-0.1, -0.05) is 29.8 Å². The van der Waals surface area contributed by atoms with E-state index in [1.807, 2.05) is 6.08 Å². The molecule has 3 fully saturated rings. The Balaban J connectivity index is 1.73. The van der Waals surface area contributed by atoms with E-state index in [1.165, 1.54) is 18.4 Å². The molecule has 0 aliphatic heterocycles. The first kappa shape index (κ1) is 15.4. The van der Waals surface area contributed by atoms with Gasteiger partial charge in [0.2, 0.25) is 0 Å². The SMILES string of the molecule is C[C@]12CC[C@H]3[C@@H](C[C@@H](Br)C4=CC(=O)CC[C@@]43C)[C@@H]1CC[C@@H]2O. The van der Waals surface area contributed by atoms with Gasteiger partial charge in [-0.15, -0.1) is 0 Å². The van der Waals surface area contributed by atoms with E-state index in [4.69, 9.17) is 0 Å². The van der Waals surface area contributed by atoms with Gasteiger partial charge >= 0.3 is 0 Å². The largest absolute Gasteiger partial charge is 0.393 e. The van der Waals surface area contributed by atoms with Crippen molar-refractivity contribution in [1.29, 1.82) is 0 Å². The highest BCUT2D eigenvalue weighted by molar-refractivity contribution is 9.09. The first-order valence-electron chi connectivity index (χ1n) is 8.93. The number of alkyl halides is 1. The van der Waals surface area contributed by atoms with E-state index >= 15 is 0 Å². The van der Waals surface area contributed by atoms with Gasteiger partial charge < -0.3 is 5.11 Å². The van der Waals surface area contributed by atoms with Gasteiger partial charge in [-0.2, -0.15) is 0 Å². The van der Waals surface area contributed by atoms with Crippen molar-refractivity contribution in [2.45, 2.75) is 69.7 Å². The Hall–Kier alpha value is -0.150. The molecular formula is C19H27BrO2. The zero-order chi connectivity index (χ0) is 15.7. The molecule has 122 valence electrons. The average Bonchev–Trinajstić information content (AvgIpc) is 2.77. The van der Waals surface area contributed by atoms with Crippen LogP contribution in [-0.4, -0.2) is 21.8 Å². The van der Waals surface area contributed by atoms with Crippen molar-refractivity contribution >= 4 is 21.7 Å². The lowest BCUT2D eigenvalue weighted by Gasteiger charge is -2.58. The van der Waals surface area contributed by atoms with E-state index in [0.29, 0.717) is 34.8 Å². The predicted molar refractivity (Wildman–Crippen MR) is 90.8 cm³/mol. The van der Waals surface area contributed by atoms with Crippen LogP contribution < -0.4 is 0 Å². The Morgan fingerprint density at radius 1 is 1.18 bits per heavy atom. The molecule has 22 heavy (non-hydrogen) atoms. The van der Waals surface area contributed by atoms with Crippen LogP contribution in [0.2, 0.25) is 0 Å². The molecule has 2 nitrogen and oxygen atoms in total. The van der Waals surface area contributed by atoms with Crippen molar-refractivity contribution in [3.8, 4) is 0 Å². The lowest BCUT2D eigenvalue weighted by atomic mass is 9.47. The molecule has 3 heteroatoms. The standard InChI is InChI=1S/C19H27BrO2/c1-18-7-5-11(21)9-15(18)16(20)10-12-13-3-4-17(22)19(13,2)8-6-14(12)18/h9,12-14,16-17,22H,3-8,10H2,1-2H3/t12-,13-,14-,16+,17-,18+,19-/m0/s1. The summed E-state index contributed by atoms with van der Waals surface area (Å²) in [6.07, 6.45) is 9.27. The Morgan fingerprint density at radius 3 is 2.73 bits per heavy atom. The minimum absolute atomic E-state index is 0.107. The van der Waals surface area contributed by atoms with Crippen LogP contribution in [-0.2, 0) is 4.79 Å². The third-order valence-corrected chi connectivity index (χ3v) is 8.76. The van der Waals surface area contributed by atoms with Gasteiger partial charge in [0.15, 0.2) is 5.78 Å². The third kappa shape index (κ3) is 1.90. The fraction of sp³-hybridized carbons (Fsp3) is 0.842. The van der Waals surface area contributed by atoms with E-state index in [-0.39, 0.29) is 16.9 Å². The molecule has 0 aromatic rings. The number of rotatable bonds is 0. The van der Waals surface area contributed by atoms with Crippen molar-refractivity contribution in [3.05, 3.63) is 11.6 Å². The molecule has 7 atom stereocenters. The number of fused-ring (bicyclic) bond motifs is 5. The monoisotopic (exact) mass is 366 g/mol. The molecule has 0 spiro atoms. The topological polar surface area (TPSA) is 37.3 Å². The predicted octanol–water partition coefficient (Wildman–Crippen LogP) is 4.25. The lowest BCUT2D eigenvalue weighted by molar-refractivity contribution is -0.117. The number of halogens is 1. The number of hydrogen-bond donors (Lipinski definition) is 1. The normalized spacial score (nSPS) is 54.3. The van der Waals surface area contributed by atoms with Gasteiger partial charge in [-0.3, -0.25) is 4.79 Å². The van der Waals surface area contributed by atoms with Crippen molar-refractivity contribution in [3.63, 3.8) is 0 Å². The highest BCUT2D eigenvalue weighted by Crippen LogP contribution is 2.65. The number of hydrogen-bond acceptors (Lipinski definition) is 2. The van der Waals surface area contributed by atoms with Crippen LogP contribution in [0.25, 0.3) is 0 Å². The Kier molecular flexibility index (Phi) is 3.44. The summed E-state index contributed by atoms with van der Waals surface area (Å²) in [5.74, 6) is 2.38. The van der Waals surface area contributed by atoms with Gasteiger partial charge in [-0.05, 0) is 78.8 Å². The number of allylic oxidation sites excluding steroid dienone is 1. The first-order chi connectivity index (χ1) is 10.4. The van der Waals surface area contributed by atoms with Gasteiger partial charge in [-0.25, -0.2) is 0 Å². The zero-order valence-corrected chi connectivity index (χ0v) is 15.2. The second-order valence-electron chi connectivity index (χ2n) is 8.70. The van der Waals surface area contributed by atoms with Crippen LogP contribution in [0.5, 0.6) is 0 Å². The van der Waals surface area contributed by atoms with Crippen LogP contribution in [0.15, 0.2) is 11.6 Å². The molecule has 4 aliphatic rings. The molecule has 0 bridgehead atoms. The quantitative estimate of drug-likeness (QED) is 0.650. The number of aliphatic hydroxyl groups excluding tert-OH is 1. The second-order valence-corrected chi connectivity index (χ2v) is 9.81. The summed E-state index contributed by atoms with van der Waals surface area (Å²) in [4.78, 5) is 12.3. The molecular weight excluding hydrogens is 340 g/mol. The lowest BCUT2D eigenvalue weighted by Crippen LogP contribution is -2.53. The smallest absolute Gasteiger partial charge is 0.155 e. The number of aliphatic hydroxyl groups is 1. The fourth-order valence-electron chi connectivity index (χ4n) is 6.53. The fourth-order valence-corrected chi connectivity index (χ4v) is 7.62. The summed E-state index contributed by atoms with van der Waals surface area (Å²) in [5.41, 5.74) is 1.70.